The Morgan fingerprint density at radius 2 is 1.53 bits per heavy atom. The smallest absolute Gasteiger partial charge is 0.229 e. The maximum absolute atomic E-state index is 13.2. The lowest BCUT2D eigenvalue weighted by molar-refractivity contribution is -0.277. The predicted octanol–water partition coefficient (Wildman–Crippen LogP) is -0.988. The summed E-state index contributed by atoms with van der Waals surface area (Å²) in [5, 5.41) is 48.8. The number of carbonyl (C=O) groups is 2. The molecule has 2 aliphatic rings. The van der Waals surface area contributed by atoms with E-state index < -0.39 is 43.1 Å². The van der Waals surface area contributed by atoms with E-state index in [1.807, 2.05) is 0 Å². The topological polar surface area (TPSA) is 163 Å². The zero-order chi connectivity index (χ0) is 23.0. The molecule has 0 saturated carbocycles. The van der Waals surface area contributed by atoms with E-state index in [4.69, 9.17) is 14.2 Å². The Balaban J connectivity index is 1.75. The van der Waals surface area contributed by atoms with Gasteiger partial charge >= 0.3 is 0 Å². The lowest BCUT2D eigenvalue weighted by Gasteiger charge is -2.39. The van der Waals surface area contributed by atoms with Crippen LogP contribution in [-0.4, -0.2) is 87.6 Å². The molecular formula is C22H22O10. The number of aliphatic hydroxyl groups excluding tert-OH is 5. The molecule has 0 spiro atoms. The first kappa shape index (κ1) is 22.3. The van der Waals surface area contributed by atoms with Gasteiger partial charge in [-0.25, -0.2) is 0 Å². The molecule has 1 fully saturated rings. The number of hydrogen-bond acceptors (Lipinski definition) is 10. The summed E-state index contributed by atoms with van der Waals surface area (Å²) in [6.45, 7) is -1.25. The fraction of sp³-hybridized carbons (Fsp3) is 0.364. The lowest BCUT2D eigenvalue weighted by Crippen LogP contribution is -2.60. The molecule has 0 bridgehead atoms. The summed E-state index contributed by atoms with van der Waals surface area (Å²) < 4.78 is 16.6. The Bertz CT molecular complexity index is 1030. The Kier molecular flexibility index (Phi) is 6.24. The van der Waals surface area contributed by atoms with Crippen LogP contribution in [0.15, 0.2) is 36.4 Å². The molecule has 4 rings (SSSR count). The Morgan fingerprint density at radius 3 is 2.19 bits per heavy atom. The molecule has 5 atom stereocenters. The molecule has 0 amide bonds. The summed E-state index contributed by atoms with van der Waals surface area (Å²) in [7, 11) is 0. The average molecular weight is 446 g/mol. The van der Waals surface area contributed by atoms with Gasteiger partial charge in [-0.05, 0) is 12.1 Å². The van der Waals surface area contributed by atoms with E-state index in [9.17, 15) is 35.1 Å². The minimum Gasteiger partial charge on any atom is -0.486 e. The number of hydrogen-bond donors (Lipinski definition) is 5. The number of carbonyl (C=O) groups excluding carboxylic acids is 2. The Morgan fingerprint density at radius 1 is 0.844 bits per heavy atom. The monoisotopic (exact) mass is 446 g/mol. The van der Waals surface area contributed by atoms with Crippen molar-refractivity contribution in [3.05, 3.63) is 58.7 Å². The van der Waals surface area contributed by atoms with Gasteiger partial charge in [0.1, 0.15) is 31.0 Å². The average Bonchev–Trinajstić information content (AvgIpc) is 2.81. The standard InChI is InChI=1S/C22H22O10/c23-7-8-30-21-13(31-22-20(29)19(28)18(27)14(9-24)32-22)6-5-12-15(21)17(26)11-4-2-1-3-10(11)16(12)25/h1-6,14,18-20,22-24,27-29H,7-9H2/t14-,18-,19+,20-,22-/m0/s1. The molecule has 1 aliphatic carbocycles. The van der Waals surface area contributed by atoms with E-state index in [2.05, 4.69) is 0 Å². The molecule has 10 heteroatoms. The molecule has 32 heavy (non-hydrogen) atoms. The Labute approximate surface area is 182 Å². The summed E-state index contributed by atoms with van der Waals surface area (Å²) in [6, 6.07) is 9.04. The van der Waals surface area contributed by atoms with Crippen LogP contribution in [0.3, 0.4) is 0 Å². The minimum atomic E-state index is -1.69. The molecule has 1 aliphatic heterocycles. The number of aliphatic hydroxyl groups is 5. The van der Waals surface area contributed by atoms with Crippen LogP contribution in [0.5, 0.6) is 11.5 Å². The van der Waals surface area contributed by atoms with E-state index in [1.165, 1.54) is 18.2 Å². The summed E-state index contributed by atoms with van der Waals surface area (Å²) in [5.41, 5.74) is 0.455. The van der Waals surface area contributed by atoms with Gasteiger partial charge in [0.15, 0.2) is 23.1 Å². The first-order valence-corrected chi connectivity index (χ1v) is 9.95. The molecular weight excluding hydrogens is 424 g/mol. The maximum Gasteiger partial charge on any atom is 0.229 e. The van der Waals surface area contributed by atoms with Crippen molar-refractivity contribution in [3.63, 3.8) is 0 Å². The molecule has 1 heterocycles. The zero-order valence-corrected chi connectivity index (χ0v) is 16.7. The van der Waals surface area contributed by atoms with Crippen molar-refractivity contribution in [2.45, 2.75) is 30.7 Å². The largest absolute Gasteiger partial charge is 0.486 e. The Hall–Kier alpha value is -2.86. The van der Waals surface area contributed by atoms with Gasteiger partial charge in [0.05, 0.1) is 18.8 Å². The van der Waals surface area contributed by atoms with Crippen molar-refractivity contribution in [1.82, 2.24) is 0 Å². The normalized spacial score (nSPS) is 27.0. The van der Waals surface area contributed by atoms with E-state index in [1.54, 1.807) is 18.2 Å². The highest BCUT2D eigenvalue weighted by atomic mass is 16.7. The summed E-state index contributed by atoms with van der Waals surface area (Å²) in [4.78, 5) is 26.1. The van der Waals surface area contributed by atoms with Gasteiger partial charge in [-0.3, -0.25) is 9.59 Å². The molecule has 5 N–H and O–H groups in total. The fourth-order valence-electron chi connectivity index (χ4n) is 3.81. The second-order valence-corrected chi connectivity index (χ2v) is 7.41. The van der Waals surface area contributed by atoms with Crippen LogP contribution in [0.4, 0.5) is 0 Å². The van der Waals surface area contributed by atoms with E-state index >= 15 is 0 Å². The molecule has 1 saturated heterocycles. The molecule has 0 unspecified atom stereocenters. The number of ether oxygens (including phenoxy) is 3. The summed E-state index contributed by atoms with van der Waals surface area (Å²) in [5.74, 6) is -1.10. The van der Waals surface area contributed by atoms with E-state index in [0.717, 1.165) is 0 Å². The van der Waals surface area contributed by atoms with Gasteiger partial charge in [0.2, 0.25) is 6.29 Å². The maximum atomic E-state index is 13.2. The van der Waals surface area contributed by atoms with Crippen molar-refractivity contribution >= 4 is 11.6 Å². The van der Waals surface area contributed by atoms with Crippen LogP contribution in [0.2, 0.25) is 0 Å². The van der Waals surface area contributed by atoms with Crippen molar-refractivity contribution in [2.75, 3.05) is 19.8 Å². The van der Waals surface area contributed by atoms with Gasteiger partial charge < -0.3 is 39.7 Å². The van der Waals surface area contributed by atoms with Gasteiger partial charge in [-0.1, -0.05) is 24.3 Å². The zero-order valence-electron chi connectivity index (χ0n) is 16.7. The summed E-state index contributed by atoms with van der Waals surface area (Å²) in [6.07, 6.45) is -7.65. The highest BCUT2D eigenvalue weighted by Gasteiger charge is 2.45. The molecule has 0 aromatic heterocycles. The molecule has 0 radical (unpaired) electrons. The highest BCUT2D eigenvalue weighted by molar-refractivity contribution is 6.29. The predicted molar refractivity (Wildman–Crippen MR) is 107 cm³/mol. The van der Waals surface area contributed by atoms with Crippen molar-refractivity contribution < 1.29 is 49.3 Å². The summed E-state index contributed by atoms with van der Waals surface area (Å²) >= 11 is 0. The van der Waals surface area contributed by atoms with Gasteiger partial charge in [-0.2, -0.15) is 0 Å². The van der Waals surface area contributed by atoms with Gasteiger partial charge in [0, 0.05) is 16.7 Å². The first-order chi connectivity index (χ1) is 15.4. The molecule has 2 aromatic rings. The quantitative estimate of drug-likeness (QED) is 0.318. The van der Waals surface area contributed by atoms with Crippen LogP contribution < -0.4 is 9.47 Å². The number of ketones is 2. The van der Waals surface area contributed by atoms with Crippen LogP contribution in [0.1, 0.15) is 31.8 Å². The SMILES string of the molecule is O=C1c2ccccc2C(=O)c2c1ccc(O[C@H]1O[C@@H](CO)[C@H](O)[C@@H](O)[C@@H]1O)c2OCCO. The van der Waals surface area contributed by atoms with E-state index in [0.29, 0.717) is 0 Å². The minimum absolute atomic E-state index is 0.0655. The van der Waals surface area contributed by atoms with Crippen LogP contribution in [0.25, 0.3) is 0 Å². The molecule has 2 aromatic carbocycles. The first-order valence-electron chi connectivity index (χ1n) is 9.95. The van der Waals surface area contributed by atoms with Gasteiger partial charge in [-0.15, -0.1) is 0 Å². The highest BCUT2D eigenvalue weighted by Crippen LogP contribution is 2.40. The van der Waals surface area contributed by atoms with E-state index in [-0.39, 0.29) is 52.7 Å². The number of fused-ring (bicyclic) bond motifs is 2. The van der Waals surface area contributed by atoms with Crippen LogP contribution in [-0.2, 0) is 4.74 Å². The van der Waals surface area contributed by atoms with Gasteiger partial charge in [0.25, 0.3) is 0 Å². The van der Waals surface area contributed by atoms with Crippen molar-refractivity contribution in [1.29, 1.82) is 0 Å². The van der Waals surface area contributed by atoms with Crippen molar-refractivity contribution in [3.8, 4) is 11.5 Å². The third-order valence-electron chi connectivity index (χ3n) is 5.44. The number of benzene rings is 2. The third-order valence-corrected chi connectivity index (χ3v) is 5.44. The number of rotatable bonds is 6. The third kappa shape index (κ3) is 3.66. The van der Waals surface area contributed by atoms with Crippen molar-refractivity contribution in [2.24, 2.45) is 0 Å². The van der Waals surface area contributed by atoms with Crippen LogP contribution >= 0.6 is 0 Å². The van der Waals surface area contributed by atoms with Crippen LogP contribution in [0, 0.1) is 0 Å². The second-order valence-electron chi connectivity index (χ2n) is 7.41. The fourth-order valence-corrected chi connectivity index (χ4v) is 3.81. The molecule has 170 valence electrons. The molecule has 10 nitrogen and oxygen atoms in total. The lowest BCUT2D eigenvalue weighted by atomic mass is 9.83. The second kappa shape index (κ2) is 8.94.